The molecule has 0 unspecified atom stereocenters. The summed E-state index contributed by atoms with van der Waals surface area (Å²) < 4.78 is 0. The van der Waals surface area contributed by atoms with Crippen LogP contribution in [0.3, 0.4) is 0 Å². The molecule has 0 saturated heterocycles. The molecule has 11 amide bonds. The molecule has 11 atom stereocenters. The zero-order chi connectivity index (χ0) is 65.8. The minimum atomic E-state index is -1.64. The van der Waals surface area contributed by atoms with E-state index in [0.717, 1.165) is 0 Å². The van der Waals surface area contributed by atoms with E-state index in [2.05, 4.69) is 58.2 Å². The predicted octanol–water partition coefficient (Wildman–Crippen LogP) is -1.33. The highest BCUT2D eigenvalue weighted by atomic mass is 16.3. The summed E-state index contributed by atoms with van der Waals surface area (Å²) in [6.45, 7) is 21.4. The van der Waals surface area contributed by atoms with Crippen LogP contribution in [0.15, 0.2) is 4.99 Å². The van der Waals surface area contributed by atoms with Crippen LogP contribution in [-0.4, -0.2) is 163 Å². The molecule has 86 heavy (non-hydrogen) atoms. The molecule has 494 valence electrons. The smallest absolute Gasteiger partial charge is 0.245 e. The van der Waals surface area contributed by atoms with E-state index in [-0.39, 0.29) is 120 Å². The first-order valence-corrected chi connectivity index (χ1v) is 30.7. The Morgan fingerprint density at radius 3 is 1.16 bits per heavy atom. The van der Waals surface area contributed by atoms with Crippen LogP contribution in [0, 0.1) is 29.6 Å². The number of rotatable bonds is 45. The van der Waals surface area contributed by atoms with E-state index >= 15 is 0 Å². The number of hydrogen-bond donors (Lipinski definition) is 16. The second kappa shape index (κ2) is 43.0. The van der Waals surface area contributed by atoms with Crippen molar-refractivity contribution >= 4 is 70.9 Å². The average Bonchev–Trinajstić information content (AvgIpc) is 3.56. The molecule has 0 fully saturated rings. The molecule has 0 aliphatic heterocycles. The number of carbonyl (C=O) groups excluding carboxylic acids is 11. The van der Waals surface area contributed by atoms with Crippen LogP contribution in [0.5, 0.6) is 0 Å². The summed E-state index contributed by atoms with van der Waals surface area (Å²) in [5.74, 6) is -9.12. The minimum absolute atomic E-state index is 0.00441. The van der Waals surface area contributed by atoms with Gasteiger partial charge in [0.2, 0.25) is 65.0 Å². The summed E-state index contributed by atoms with van der Waals surface area (Å²) in [5, 5.41) is 37.6. The fourth-order valence-corrected chi connectivity index (χ4v) is 9.09. The van der Waals surface area contributed by atoms with Crippen LogP contribution in [0.4, 0.5) is 0 Å². The van der Waals surface area contributed by atoms with Crippen LogP contribution in [-0.2, 0) is 52.7 Å². The summed E-state index contributed by atoms with van der Waals surface area (Å²) in [4.78, 5) is 155. The third-order valence-electron chi connectivity index (χ3n) is 13.9. The van der Waals surface area contributed by atoms with E-state index in [1.54, 1.807) is 13.8 Å². The summed E-state index contributed by atoms with van der Waals surface area (Å²) >= 11 is 0. The summed E-state index contributed by atoms with van der Waals surface area (Å²) in [7, 11) is 0. The number of aliphatic imine (C=N–C) groups is 1. The number of nitrogens with two attached hydrogens (primary N) is 5. The molecule has 0 saturated carbocycles. The number of nitrogens with one attached hydrogen (secondary N) is 10. The molecule has 0 radical (unpaired) electrons. The molecule has 28 heteroatoms. The van der Waals surface area contributed by atoms with Crippen molar-refractivity contribution in [3.63, 3.8) is 0 Å². The Morgan fingerprint density at radius 2 is 0.767 bits per heavy atom. The molecule has 0 rings (SSSR count). The van der Waals surface area contributed by atoms with Gasteiger partial charge in [-0.25, -0.2) is 0 Å². The molecular formula is C58H110N16O12. The van der Waals surface area contributed by atoms with Crippen LogP contribution in [0.25, 0.3) is 0 Å². The number of amides is 11. The first kappa shape index (κ1) is 79.3. The van der Waals surface area contributed by atoms with E-state index in [4.69, 9.17) is 28.7 Å². The van der Waals surface area contributed by atoms with E-state index in [1.165, 1.54) is 6.92 Å². The van der Waals surface area contributed by atoms with Gasteiger partial charge in [-0.3, -0.25) is 57.7 Å². The molecule has 0 bridgehead atoms. The van der Waals surface area contributed by atoms with Gasteiger partial charge in [0.25, 0.3) is 0 Å². The number of unbranched alkanes of at least 4 members (excludes halogenated alkanes) is 2. The summed E-state index contributed by atoms with van der Waals surface area (Å²) in [6, 6.07) is -11.5. The van der Waals surface area contributed by atoms with Gasteiger partial charge in [0.15, 0.2) is 5.96 Å². The maximum absolute atomic E-state index is 14.6. The highest BCUT2D eigenvalue weighted by molar-refractivity contribution is 5.99. The maximum Gasteiger partial charge on any atom is 0.245 e. The Kier molecular flexibility index (Phi) is 39.7. The van der Waals surface area contributed by atoms with Crippen molar-refractivity contribution in [3.05, 3.63) is 0 Å². The third kappa shape index (κ3) is 33.3. The largest absolute Gasteiger partial charge is 0.391 e. The lowest BCUT2D eigenvalue weighted by molar-refractivity contribution is -0.137. The molecule has 0 spiro atoms. The summed E-state index contributed by atoms with van der Waals surface area (Å²) in [6.07, 6.45) is 2.03. The van der Waals surface area contributed by atoms with Gasteiger partial charge in [-0.15, -0.1) is 0 Å². The first-order chi connectivity index (χ1) is 40.3. The van der Waals surface area contributed by atoms with Gasteiger partial charge in [0.05, 0.1) is 12.6 Å². The quantitative estimate of drug-likeness (QED) is 0.0191. The molecule has 0 heterocycles. The van der Waals surface area contributed by atoms with Crippen molar-refractivity contribution in [1.29, 1.82) is 0 Å². The van der Waals surface area contributed by atoms with Crippen LogP contribution in [0.2, 0.25) is 0 Å². The summed E-state index contributed by atoms with van der Waals surface area (Å²) in [5.41, 5.74) is 28.4. The monoisotopic (exact) mass is 1220 g/mol. The molecular weight excluding hydrogens is 1110 g/mol. The van der Waals surface area contributed by atoms with Gasteiger partial charge in [-0.1, -0.05) is 82.6 Å². The number of primary amides is 1. The number of aliphatic hydroxyl groups excluding tert-OH is 1. The van der Waals surface area contributed by atoms with Crippen molar-refractivity contribution in [3.8, 4) is 0 Å². The average molecular weight is 1220 g/mol. The fourth-order valence-electron chi connectivity index (χ4n) is 9.09. The zero-order valence-electron chi connectivity index (χ0n) is 53.4. The fraction of sp³-hybridized carbons (Fsp3) is 0.793. The van der Waals surface area contributed by atoms with Crippen LogP contribution in [0.1, 0.15) is 179 Å². The van der Waals surface area contributed by atoms with Gasteiger partial charge in [-0.05, 0) is 133 Å². The maximum atomic E-state index is 14.6. The predicted molar refractivity (Wildman–Crippen MR) is 329 cm³/mol. The molecule has 28 nitrogen and oxygen atoms in total. The second-order valence-electron chi connectivity index (χ2n) is 24.1. The Balaban J connectivity index is 7.05. The zero-order valence-corrected chi connectivity index (χ0v) is 53.4. The Hall–Kier alpha value is -6.68. The first-order valence-electron chi connectivity index (χ1n) is 30.7. The molecule has 0 aliphatic carbocycles. The lowest BCUT2D eigenvalue weighted by atomic mass is 9.96. The Morgan fingerprint density at radius 1 is 0.419 bits per heavy atom. The number of aliphatic hydroxyl groups is 1. The number of hydrogen-bond acceptors (Lipinski definition) is 15. The third-order valence-corrected chi connectivity index (χ3v) is 13.9. The second-order valence-corrected chi connectivity index (χ2v) is 24.1. The van der Waals surface area contributed by atoms with E-state index < -0.39 is 125 Å². The lowest BCUT2D eigenvalue weighted by Crippen LogP contribution is -2.62. The minimum Gasteiger partial charge on any atom is -0.391 e. The van der Waals surface area contributed by atoms with E-state index in [0.29, 0.717) is 38.5 Å². The van der Waals surface area contributed by atoms with Crippen LogP contribution < -0.4 is 81.8 Å². The standard InChI is InChI=1S/C58H110N16O12/c1-13-20-45(76)65-31-46(77)66-42(28-33(5)6)53(82)71-43(29-34(7)8)54(83)68-38(21-15-17-24-59)50(79)67-40(23-19-26-64-58(62)63)51(80)73-47(36(11)14-2)56(85)69-39(22-16-18-25-60)52(81)74-48(37(12)75)57(86)72-44(30-35(9)10)55(84)70-41(49(61)78)27-32(3)4/h32-44,47-48,75H,13-31,59-60H2,1-12H3,(H2,61,78)(H,65,76)(H,66,77)(H,67,79)(H,68,83)(H,69,85)(H,70,84)(H,71,82)(H,72,86)(H,73,80)(H,74,81)(H4,62,63,64)/t36-,37+,38-,39-,40-,41-,42-,43-,44-,47-,48-/m0/s1. The molecule has 0 aromatic rings. The lowest BCUT2D eigenvalue weighted by Gasteiger charge is -2.30. The van der Waals surface area contributed by atoms with Gasteiger partial charge in [0, 0.05) is 13.0 Å². The molecule has 21 N–H and O–H groups in total. The van der Waals surface area contributed by atoms with Crippen LogP contribution >= 0.6 is 0 Å². The van der Waals surface area contributed by atoms with Crippen molar-refractivity contribution in [1.82, 2.24) is 53.2 Å². The van der Waals surface area contributed by atoms with Crippen molar-refractivity contribution in [2.45, 2.75) is 240 Å². The van der Waals surface area contributed by atoms with E-state index in [9.17, 15) is 57.8 Å². The topological polar surface area (TPSA) is 471 Å². The molecule has 0 aromatic heterocycles. The Labute approximate surface area is 509 Å². The van der Waals surface area contributed by atoms with Crippen molar-refractivity contribution in [2.75, 3.05) is 26.2 Å². The van der Waals surface area contributed by atoms with Gasteiger partial charge in [-0.2, -0.15) is 0 Å². The van der Waals surface area contributed by atoms with Gasteiger partial charge < -0.3 is 86.9 Å². The highest BCUT2D eigenvalue weighted by Gasteiger charge is 2.37. The molecule has 0 aromatic carbocycles. The van der Waals surface area contributed by atoms with Gasteiger partial charge >= 0.3 is 0 Å². The van der Waals surface area contributed by atoms with Gasteiger partial charge in [0.1, 0.15) is 54.4 Å². The highest BCUT2D eigenvalue weighted by Crippen LogP contribution is 2.15. The van der Waals surface area contributed by atoms with Crippen molar-refractivity contribution in [2.24, 2.45) is 63.3 Å². The number of carbonyl (C=O) groups is 11. The normalized spacial score (nSPS) is 15.2. The molecule has 0 aliphatic rings. The van der Waals surface area contributed by atoms with Crippen molar-refractivity contribution < 1.29 is 57.8 Å². The number of guanidine groups is 1. The van der Waals surface area contributed by atoms with E-state index in [1.807, 2.05) is 62.3 Å². The Bertz CT molecular complexity index is 2180. The SMILES string of the molecule is CCCC(=O)NCC(=O)N[C@@H](CC(C)C)C(=O)N[C@@H](CC(C)C)C(=O)N[C@@H](CCCCN)C(=O)N[C@@H](CCCN=C(N)N)C(=O)N[C@H](C(=O)N[C@@H](CCCCN)C(=O)N[C@H](C(=O)N[C@@H](CC(C)C)C(=O)N[C@@H](CC(C)C)C(N)=O)[C@@H](C)O)[C@@H](C)CC. The number of nitrogens with zero attached hydrogens (tertiary/aromatic N) is 1.